The maximum absolute atomic E-state index is 13.3. The fourth-order valence-electron chi connectivity index (χ4n) is 4.13. The molecule has 160 valence electrons. The number of hydrogen-bond donors (Lipinski definition) is 1. The van der Waals surface area contributed by atoms with Crippen LogP contribution in [0.5, 0.6) is 0 Å². The first-order chi connectivity index (χ1) is 13.6. The van der Waals surface area contributed by atoms with Crippen molar-refractivity contribution in [3.63, 3.8) is 0 Å². The number of piperidine rings is 2. The van der Waals surface area contributed by atoms with Gasteiger partial charge in [0.2, 0.25) is 15.9 Å². The Morgan fingerprint density at radius 2 is 1.59 bits per heavy atom. The number of sulfonamides is 1. The van der Waals surface area contributed by atoms with Gasteiger partial charge in [-0.15, -0.1) is 0 Å². The number of nitrogens with two attached hydrogens (primary N) is 1. The summed E-state index contributed by atoms with van der Waals surface area (Å²) in [5.74, 6) is -0.191. The Balaban J connectivity index is 1.86. The number of carbonyl (C=O) groups is 2. The van der Waals surface area contributed by atoms with E-state index in [4.69, 9.17) is 5.73 Å². The monoisotopic (exact) mass is 421 g/mol. The molecule has 2 heterocycles. The number of nitrogens with zero attached hydrogens (tertiary/aromatic N) is 2. The molecule has 29 heavy (non-hydrogen) atoms. The van der Waals surface area contributed by atoms with Crippen LogP contribution in [0.15, 0.2) is 17.0 Å². The van der Waals surface area contributed by atoms with Crippen molar-refractivity contribution >= 4 is 21.8 Å². The lowest BCUT2D eigenvalue weighted by atomic mass is 9.95. The van der Waals surface area contributed by atoms with Crippen molar-refractivity contribution in [3.8, 4) is 0 Å². The average molecular weight is 422 g/mol. The van der Waals surface area contributed by atoms with Gasteiger partial charge in [0.25, 0.3) is 5.91 Å². The van der Waals surface area contributed by atoms with Gasteiger partial charge in [-0.2, -0.15) is 4.31 Å². The normalized spacial score (nSPS) is 20.0. The second-order valence-corrected chi connectivity index (χ2v) is 10.4. The predicted octanol–water partition coefficient (Wildman–Crippen LogP) is 2.06. The molecule has 8 heteroatoms. The quantitative estimate of drug-likeness (QED) is 0.804. The van der Waals surface area contributed by atoms with Crippen LogP contribution >= 0.6 is 0 Å². The van der Waals surface area contributed by atoms with Crippen LogP contribution in [0.4, 0.5) is 0 Å². The van der Waals surface area contributed by atoms with E-state index < -0.39 is 10.0 Å². The summed E-state index contributed by atoms with van der Waals surface area (Å²) in [6.45, 7) is 7.70. The van der Waals surface area contributed by atoms with E-state index in [9.17, 15) is 18.0 Å². The Hall–Kier alpha value is -1.93. The number of amides is 2. The van der Waals surface area contributed by atoms with Crippen molar-refractivity contribution in [1.82, 2.24) is 9.21 Å². The van der Waals surface area contributed by atoms with Crippen LogP contribution < -0.4 is 5.73 Å². The molecule has 2 amide bonds. The van der Waals surface area contributed by atoms with Gasteiger partial charge in [-0.3, -0.25) is 9.59 Å². The lowest BCUT2D eigenvalue weighted by molar-refractivity contribution is -0.123. The number of likely N-dealkylation sites (tertiary alicyclic amines) is 1. The molecule has 0 spiro atoms. The zero-order valence-corrected chi connectivity index (χ0v) is 18.3. The van der Waals surface area contributed by atoms with Gasteiger partial charge in [-0.1, -0.05) is 6.92 Å². The van der Waals surface area contributed by atoms with Gasteiger partial charge in [0, 0.05) is 37.7 Å². The molecule has 2 aliphatic rings. The van der Waals surface area contributed by atoms with Crippen LogP contribution in [0.3, 0.4) is 0 Å². The minimum atomic E-state index is -3.64. The molecule has 3 rings (SSSR count). The standard InChI is InChI=1S/C21H31N3O4S/c1-14-4-10-24(11-5-14)29(27,28)19-13-18(12-15(2)16(19)3)21(26)23-8-6-17(7-9-23)20(22)25/h12-14,17H,4-11H2,1-3H3,(H2,22,25). The highest BCUT2D eigenvalue weighted by atomic mass is 32.2. The summed E-state index contributed by atoms with van der Waals surface area (Å²) in [6, 6.07) is 3.29. The number of hydrogen-bond acceptors (Lipinski definition) is 4. The highest BCUT2D eigenvalue weighted by molar-refractivity contribution is 7.89. The third-order valence-corrected chi connectivity index (χ3v) is 8.44. The molecule has 0 unspecified atom stereocenters. The highest BCUT2D eigenvalue weighted by Gasteiger charge is 2.32. The molecule has 0 saturated carbocycles. The van der Waals surface area contributed by atoms with E-state index in [2.05, 4.69) is 6.92 Å². The maximum atomic E-state index is 13.3. The molecule has 0 atom stereocenters. The number of primary amides is 1. The third-order valence-electron chi connectivity index (χ3n) is 6.41. The van der Waals surface area contributed by atoms with E-state index in [-0.39, 0.29) is 22.6 Å². The fourth-order valence-corrected chi connectivity index (χ4v) is 5.93. The van der Waals surface area contributed by atoms with Gasteiger partial charge < -0.3 is 10.6 Å². The molecular formula is C21H31N3O4S. The summed E-state index contributed by atoms with van der Waals surface area (Å²) in [5.41, 5.74) is 7.23. The second kappa shape index (κ2) is 8.44. The molecule has 0 aromatic heterocycles. The van der Waals surface area contributed by atoms with Crippen molar-refractivity contribution < 1.29 is 18.0 Å². The Morgan fingerprint density at radius 1 is 1.00 bits per heavy atom. The summed E-state index contributed by atoms with van der Waals surface area (Å²) in [4.78, 5) is 26.3. The summed E-state index contributed by atoms with van der Waals surface area (Å²) >= 11 is 0. The molecule has 1 aromatic carbocycles. The molecule has 1 aromatic rings. The number of carbonyl (C=O) groups excluding carboxylic acids is 2. The molecule has 0 radical (unpaired) electrons. The van der Waals surface area contributed by atoms with Gasteiger partial charge in [0.15, 0.2) is 0 Å². The van der Waals surface area contributed by atoms with Crippen LogP contribution in [0.25, 0.3) is 0 Å². The van der Waals surface area contributed by atoms with E-state index in [1.165, 1.54) is 6.07 Å². The Bertz CT molecular complexity index is 897. The van der Waals surface area contributed by atoms with Gasteiger partial charge in [-0.25, -0.2) is 8.42 Å². The number of rotatable bonds is 4. The van der Waals surface area contributed by atoms with E-state index in [1.807, 2.05) is 6.92 Å². The SMILES string of the molecule is Cc1cc(C(=O)N2CCC(C(N)=O)CC2)cc(S(=O)(=O)N2CCC(C)CC2)c1C. The topological polar surface area (TPSA) is 101 Å². The largest absolute Gasteiger partial charge is 0.369 e. The zero-order chi connectivity index (χ0) is 21.3. The molecule has 2 N–H and O–H groups in total. The van der Waals surface area contributed by atoms with Crippen molar-refractivity contribution in [3.05, 3.63) is 28.8 Å². The third kappa shape index (κ3) is 4.48. The first kappa shape index (κ1) is 21.8. The number of aryl methyl sites for hydroxylation is 1. The van der Waals surface area contributed by atoms with Crippen molar-refractivity contribution in [1.29, 1.82) is 0 Å². The van der Waals surface area contributed by atoms with E-state index in [0.29, 0.717) is 56.1 Å². The van der Waals surface area contributed by atoms with E-state index in [1.54, 1.807) is 22.2 Å². The van der Waals surface area contributed by atoms with Gasteiger partial charge in [0.05, 0.1) is 4.90 Å². The Morgan fingerprint density at radius 3 is 2.14 bits per heavy atom. The minimum Gasteiger partial charge on any atom is -0.369 e. The molecule has 0 aliphatic carbocycles. The van der Waals surface area contributed by atoms with Crippen LogP contribution in [-0.2, 0) is 14.8 Å². The summed E-state index contributed by atoms with van der Waals surface area (Å²) in [6.07, 6.45) is 2.79. The molecule has 0 bridgehead atoms. The van der Waals surface area contributed by atoms with Gasteiger partial charge in [0.1, 0.15) is 0 Å². The zero-order valence-electron chi connectivity index (χ0n) is 17.5. The van der Waals surface area contributed by atoms with E-state index >= 15 is 0 Å². The summed E-state index contributed by atoms with van der Waals surface area (Å²) in [7, 11) is -3.64. The average Bonchev–Trinajstić information content (AvgIpc) is 2.69. The smallest absolute Gasteiger partial charge is 0.253 e. The van der Waals surface area contributed by atoms with Crippen molar-refractivity contribution in [2.75, 3.05) is 26.2 Å². The molecule has 2 saturated heterocycles. The summed E-state index contributed by atoms with van der Waals surface area (Å²) < 4.78 is 28.1. The Kier molecular flexibility index (Phi) is 6.33. The lowest BCUT2D eigenvalue weighted by Gasteiger charge is -2.32. The fraction of sp³-hybridized carbons (Fsp3) is 0.619. The minimum absolute atomic E-state index is 0.195. The maximum Gasteiger partial charge on any atom is 0.253 e. The van der Waals surface area contributed by atoms with Crippen molar-refractivity contribution in [2.45, 2.75) is 51.3 Å². The Labute approximate surface area is 173 Å². The number of benzene rings is 1. The van der Waals surface area contributed by atoms with E-state index in [0.717, 1.165) is 18.4 Å². The molecule has 7 nitrogen and oxygen atoms in total. The second-order valence-electron chi connectivity index (χ2n) is 8.47. The highest BCUT2D eigenvalue weighted by Crippen LogP contribution is 2.29. The predicted molar refractivity (Wildman–Crippen MR) is 111 cm³/mol. The van der Waals surface area contributed by atoms with Gasteiger partial charge >= 0.3 is 0 Å². The summed E-state index contributed by atoms with van der Waals surface area (Å²) in [5, 5.41) is 0. The molecule has 2 aliphatic heterocycles. The van der Waals surface area contributed by atoms with Crippen LogP contribution in [0.2, 0.25) is 0 Å². The lowest BCUT2D eigenvalue weighted by Crippen LogP contribution is -2.42. The molecular weight excluding hydrogens is 390 g/mol. The first-order valence-electron chi connectivity index (χ1n) is 10.3. The van der Waals surface area contributed by atoms with Crippen molar-refractivity contribution in [2.24, 2.45) is 17.6 Å². The van der Waals surface area contributed by atoms with Crippen LogP contribution in [0.1, 0.15) is 54.1 Å². The van der Waals surface area contributed by atoms with Gasteiger partial charge in [-0.05, 0) is 68.7 Å². The first-order valence-corrected chi connectivity index (χ1v) is 11.7. The van der Waals surface area contributed by atoms with Crippen LogP contribution in [0, 0.1) is 25.7 Å². The van der Waals surface area contributed by atoms with Crippen LogP contribution in [-0.4, -0.2) is 55.6 Å². The molecule has 2 fully saturated rings.